The molecule has 0 aliphatic heterocycles. The predicted molar refractivity (Wildman–Crippen MR) is 48.2 cm³/mol. The zero-order valence-corrected chi connectivity index (χ0v) is 7.40. The first kappa shape index (κ1) is 8.22. The van der Waals surface area contributed by atoms with E-state index in [9.17, 15) is 0 Å². The van der Waals surface area contributed by atoms with Crippen molar-refractivity contribution in [1.82, 2.24) is 14.8 Å². The summed E-state index contributed by atoms with van der Waals surface area (Å²) < 4.78 is 1.82. The minimum atomic E-state index is 0.208. The van der Waals surface area contributed by atoms with Gasteiger partial charge in [0.05, 0.1) is 5.84 Å². The van der Waals surface area contributed by atoms with Crippen LogP contribution >= 0.6 is 0 Å². The molecule has 1 saturated carbocycles. The van der Waals surface area contributed by atoms with Crippen LogP contribution in [0.5, 0.6) is 0 Å². The molecular formula is C8H13N5. The van der Waals surface area contributed by atoms with Gasteiger partial charge in [0.2, 0.25) is 0 Å². The van der Waals surface area contributed by atoms with Gasteiger partial charge in [0.1, 0.15) is 12.7 Å². The Kier molecular flexibility index (Phi) is 1.79. The lowest BCUT2D eigenvalue weighted by molar-refractivity contribution is 0.408. The molecule has 5 nitrogen and oxygen atoms in total. The van der Waals surface area contributed by atoms with Crippen molar-refractivity contribution in [3.8, 4) is 0 Å². The molecule has 0 saturated heterocycles. The Morgan fingerprint density at radius 3 is 2.85 bits per heavy atom. The monoisotopic (exact) mass is 179 g/mol. The van der Waals surface area contributed by atoms with Crippen LogP contribution in [0.4, 0.5) is 0 Å². The predicted octanol–water partition coefficient (Wildman–Crippen LogP) is 0.384. The van der Waals surface area contributed by atoms with E-state index in [0.717, 1.165) is 19.4 Å². The van der Waals surface area contributed by atoms with Gasteiger partial charge < -0.3 is 5.73 Å². The van der Waals surface area contributed by atoms with Crippen molar-refractivity contribution >= 4 is 5.84 Å². The van der Waals surface area contributed by atoms with Crippen LogP contribution in [0, 0.1) is 10.8 Å². The Morgan fingerprint density at radius 1 is 1.62 bits per heavy atom. The first-order valence-corrected chi connectivity index (χ1v) is 4.36. The van der Waals surface area contributed by atoms with Gasteiger partial charge in [-0.2, -0.15) is 5.10 Å². The third kappa shape index (κ3) is 1.85. The summed E-state index contributed by atoms with van der Waals surface area (Å²) in [4.78, 5) is 3.88. The van der Waals surface area contributed by atoms with Crippen molar-refractivity contribution in [2.24, 2.45) is 11.1 Å². The SMILES string of the molecule is N=C(N)CC1(Cn2cncn2)CC1. The Labute approximate surface area is 76.5 Å². The molecule has 2 rings (SSSR count). The van der Waals surface area contributed by atoms with Crippen molar-refractivity contribution in [1.29, 1.82) is 5.41 Å². The highest BCUT2D eigenvalue weighted by Crippen LogP contribution is 2.49. The number of nitrogens with zero attached hydrogens (tertiary/aromatic N) is 3. The Morgan fingerprint density at radius 2 is 2.38 bits per heavy atom. The summed E-state index contributed by atoms with van der Waals surface area (Å²) in [7, 11) is 0. The standard InChI is InChI=1S/C8H13N5/c9-7(10)3-8(1-2-8)4-13-6-11-5-12-13/h5-6H,1-4H2,(H3,9,10). The normalized spacial score (nSPS) is 18.5. The number of rotatable bonds is 4. The van der Waals surface area contributed by atoms with E-state index in [-0.39, 0.29) is 11.3 Å². The average molecular weight is 179 g/mol. The van der Waals surface area contributed by atoms with Crippen molar-refractivity contribution in [2.45, 2.75) is 25.8 Å². The van der Waals surface area contributed by atoms with E-state index >= 15 is 0 Å². The number of amidine groups is 1. The van der Waals surface area contributed by atoms with E-state index in [4.69, 9.17) is 11.1 Å². The summed E-state index contributed by atoms with van der Waals surface area (Å²) in [6.07, 6.45) is 6.22. The number of nitrogens with two attached hydrogens (primary N) is 1. The van der Waals surface area contributed by atoms with Gasteiger partial charge in [-0.15, -0.1) is 0 Å². The zero-order chi connectivity index (χ0) is 9.31. The molecule has 70 valence electrons. The Balaban J connectivity index is 1.98. The third-order valence-corrected chi connectivity index (χ3v) is 2.49. The molecule has 0 spiro atoms. The van der Waals surface area contributed by atoms with E-state index < -0.39 is 0 Å². The van der Waals surface area contributed by atoms with Crippen LogP contribution in [-0.4, -0.2) is 20.6 Å². The maximum absolute atomic E-state index is 7.25. The van der Waals surface area contributed by atoms with Crippen LogP contribution in [0.15, 0.2) is 12.7 Å². The smallest absolute Gasteiger partial charge is 0.137 e. The third-order valence-electron chi connectivity index (χ3n) is 2.49. The minimum Gasteiger partial charge on any atom is -0.388 e. The molecule has 3 N–H and O–H groups in total. The van der Waals surface area contributed by atoms with E-state index in [0.29, 0.717) is 6.42 Å². The fourth-order valence-electron chi connectivity index (χ4n) is 1.63. The summed E-state index contributed by atoms with van der Waals surface area (Å²) in [5.41, 5.74) is 5.59. The number of hydrogen-bond acceptors (Lipinski definition) is 3. The van der Waals surface area contributed by atoms with Crippen molar-refractivity contribution in [2.75, 3.05) is 0 Å². The van der Waals surface area contributed by atoms with Gasteiger partial charge in [-0.25, -0.2) is 4.98 Å². The van der Waals surface area contributed by atoms with Gasteiger partial charge in [0.25, 0.3) is 0 Å². The number of aromatic nitrogens is 3. The summed E-state index contributed by atoms with van der Waals surface area (Å²) in [5, 5.41) is 11.3. The second-order valence-corrected chi connectivity index (χ2v) is 3.80. The fourth-order valence-corrected chi connectivity index (χ4v) is 1.63. The maximum Gasteiger partial charge on any atom is 0.137 e. The second-order valence-electron chi connectivity index (χ2n) is 3.80. The van der Waals surface area contributed by atoms with E-state index in [2.05, 4.69) is 10.1 Å². The molecule has 0 unspecified atom stereocenters. The lowest BCUT2D eigenvalue weighted by Gasteiger charge is -2.12. The lowest BCUT2D eigenvalue weighted by atomic mass is 10.0. The molecule has 1 heterocycles. The topological polar surface area (TPSA) is 80.6 Å². The van der Waals surface area contributed by atoms with Crippen molar-refractivity contribution in [3.05, 3.63) is 12.7 Å². The highest BCUT2D eigenvalue weighted by molar-refractivity contribution is 5.77. The maximum atomic E-state index is 7.25. The zero-order valence-electron chi connectivity index (χ0n) is 7.40. The van der Waals surface area contributed by atoms with Crippen LogP contribution < -0.4 is 5.73 Å². The van der Waals surface area contributed by atoms with E-state index in [1.54, 1.807) is 6.33 Å². The van der Waals surface area contributed by atoms with E-state index in [1.807, 2.05) is 4.68 Å². The molecular weight excluding hydrogens is 166 g/mol. The summed E-state index contributed by atoms with van der Waals surface area (Å²) in [6, 6.07) is 0. The summed E-state index contributed by atoms with van der Waals surface area (Å²) in [5.74, 6) is 0.276. The van der Waals surface area contributed by atoms with Gasteiger partial charge in [-0.3, -0.25) is 10.1 Å². The number of hydrogen-bond donors (Lipinski definition) is 2. The van der Waals surface area contributed by atoms with Crippen LogP contribution in [0.25, 0.3) is 0 Å². The molecule has 13 heavy (non-hydrogen) atoms. The second kappa shape index (κ2) is 2.83. The molecule has 1 aliphatic rings. The molecule has 1 aromatic heterocycles. The van der Waals surface area contributed by atoms with Gasteiger partial charge in [-0.05, 0) is 18.3 Å². The summed E-state index contributed by atoms with van der Waals surface area (Å²) in [6.45, 7) is 0.840. The van der Waals surface area contributed by atoms with Crippen LogP contribution in [0.1, 0.15) is 19.3 Å². The quantitative estimate of drug-likeness (QED) is 0.518. The van der Waals surface area contributed by atoms with Gasteiger partial charge >= 0.3 is 0 Å². The first-order chi connectivity index (χ1) is 6.20. The number of nitrogens with one attached hydrogen (secondary N) is 1. The largest absolute Gasteiger partial charge is 0.388 e. The van der Waals surface area contributed by atoms with Crippen LogP contribution in [0.2, 0.25) is 0 Å². The molecule has 0 amide bonds. The Hall–Kier alpha value is -1.39. The molecule has 0 atom stereocenters. The van der Waals surface area contributed by atoms with Gasteiger partial charge in [0, 0.05) is 13.0 Å². The molecule has 0 aromatic carbocycles. The molecule has 1 aliphatic carbocycles. The van der Waals surface area contributed by atoms with Crippen molar-refractivity contribution in [3.63, 3.8) is 0 Å². The van der Waals surface area contributed by atoms with Gasteiger partial charge in [0.15, 0.2) is 0 Å². The lowest BCUT2D eigenvalue weighted by Crippen LogP contribution is -2.20. The van der Waals surface area contributed by atoms with Gasteiger partial charge in [-0.1, -0.05) is 0 Å². The Bertz CT molecular complexity index is 298. The molecule has 0 bridgehead atoms. The molecule has 5 heteroatoms. The molecule has 1 aromatic rings. The van der Waals surface area contributed by atoms with Crippen molar-refractivity contribution < 1.29 is 0 Å². The molecule has 0 radical (unpaired) electrons. The first-order valence-electron chi connectivity index (χ1n) is 4.36. The molecule has 1 fully saturated rings. The highest BCUT2D eigenvalue weighted by Gasteiger charge is 2.43. The van der Waals surface area contributed by atoms with E-state index in [1.165, 1.54) is 6.33 Å². The fraction of sp³-hybridized carbons (Fsp3) is 0.625. The van der Waals surface area contributed by atoms with Crippen LogP contribution in [0.3, 0.4) is 0 Å². The summed E-state index contributed by atoms with van der Waals surface area (Å²) >= 11 is 0. The minimum absolute atomic E-state index is 0.208. The van der Waals surface area contributed by atoms with Crippen LogP contribution in [-0.2, 0) is 6.54 Å². The highest BCUT2D eigenvalue weighted by atomic mass is 15.3. The average Bonchev–Trinajstić information content (AvgIpc) is 2.61.